The predicted molar refractivity (Wildman–Crippen MR) is 37.6 cm³/mol. The Kier molecular flexibility index (Phi) is 2.27. The third-order valence-electron chi connectivity index (χ3n) is 1.66. The van der Waals surface area contributed by atoms with Gasteiger partial charge >= 0.3 is 5.97 Å². The van der Waals surface area contributed by atoms with Gasteiger partial charge in [0.2, 0.25) is 0 Å². The lowest BCUT2D eigenvalue weighted by atomic mass is 10.0. The number of carbonyl (C=O) groups is 1. The molecule has 0 spiro atoms. The molecule has 1 aliphatic rings. The van der Waals surface area contributed by atoms with E-state index >= 15 is 0 Å². The summed E-state index contributed by atoms with van der Waals surface area (Å²) in [5.41, 5.74) is 0. The summed E-state index contributed by atoms with van der Waals surface area (Å²) in [6.45, 7) is 4.17. The Hall–Kier alpha value is -0.570. The molecule has 0 unspecified atom stereocenters. The van der Waals surface area contributed by atoms with E-state index in [1.54, 1.807) is 0 Å². The van der Waals surface area contributed by atoms with Crippen molar-refractivity contribution in [2.45, 2.75) is 6.92 Å². The van der Waals surface area contributed by atoms with Crippen molar-refractivity contribution >= 4 is 5.97 Å². The molecule has 3 heteroatoms. The molecule has 0 N–H and O–H groups in total. The van der Waals surface area contributed by atoms with E-state index in [0.29, 0.717) is 12.5 Å². The molecule has 0 bridgehead atoms. The van der Waals surface area contributed by atoms with Gasteiger partial charge in [0.25, 0.3) is 0 Å². The Labute approximate surface area is 61.0 Å². The largest absolute Gasteiger partial charge is 0.465 e. The van der Waals surface area contributed by atoms with Gasteiger partial charge in [-0.3, -0.25) is 4.79 Å². The molecular formula is C7H13NO2. The van der Waals surface area contributed by atoms with Crippen molar-refractivity contribution < 1.29 is 9.53 Å². The third-order valence-corrected chi connectivity index (χ3v) is 1.66. The fourth-order valence-electron chi connectivity index (χ4n) is 1.17. The van der Waals surface area contributed by atoms with Crippen LogP contribution in [-0.2, 0) is 9.53 Å². The lowest BCUT2D eigenvalue weighted by Gasteiger charge is -2.35. The molecule has 3 nitrogen and oxygen atoms in total. The van der Waals surface area contributed by atoms with Gasteiger partial charge in [0.1, 0.15) is 0 Å². The fraction of sp³-hybridized carbons (Fsp3) is 0.857. The molecule has 1 rings (SSSR count). The highest BCUT2D eigenvalue weighted by molar-refractivity contribution is 5.65. The molecule has 0 radical (unpaired) electrons. The minimum absolute atomic E-state index is 0.172. The fourth-order valence-corrected chi connectivity index (χ4v) is 1.17. The molecule has 58 valence electrons. The molecular weight excluding hydrogens is 130 g/mol. The first kappa shape index (κ1) is 7.54. The normalized spacial score (nSPS) is 20.2. The van der Waals surface area contributed by atoms with Crippen LogP contribution in [0.1, 0.15) is 6.92 Å². The topological polar surface area (TPSA) is 29.5 Å². The Morgan fingerprint density at radius 1 is 1.70 bits per heavy atom. The molecule has 1 fully saturated rings. The van der Waals surface area contributed by atoms with Crippen LogP contribution in [0.15, 0.2) is 0 Å². The van der Waals surface area contributed by atoms with Crippen LogP contribution in [0.3, 0.4) is 0 Å². The summed E-state index contributed by atoms with van der Waals surface area (Å²) in [6.07, 6.45) is 0. The molecule has 0 saturated carbocycles. The number of nitrogens with zero attached hydrogens (tertiary/aromatic N) is 1. The van der Waals surface area contributed by atoms with Gasteiger partial charge in [-0.05, 0) is 7.05 Å². The van der Waals surface area contributed by atoms with Crippen molar-refractivity contribution in [2.75, 3.05) is 26.7 Å². The van der Waals surface area contributed by atoms with Gasteiger partial charge < -0.3 is 9.64 Å². The molecule has 0 aliphatic carbocycles. The van der Waals surface area contributed by atoms with E-state index < -0.39 is 0 Å². The maximum Gasteiger partial charge on any atom is 0.302 e. The average Bonchev–Trinajstić information content (AvgIpc) is 1.77. The van der Waals surface area contributed by atoms with E-state index in [4.69, 9.17) is 4.74 Å². The first-order chi connectivity index (χ1) is 4.68. The third kappa shape index (κ3) is 1.99. The van der Waals surface area contributed by atoms with E-state index in [0.717, 1.165) is 13.1 Å². The van der Waals surface area contributed by atoms with Crippen molar-refractivity contribution in [3.63, 3.8) is 0 Å². The van der Waals surface area contributed by atoms with Gasteiger partial charge in [-0.1, -0.05) is 0 Å². The Balaban J connectivity index is 2.00. The molecule has 0 aromatic carbocycles. The van der Waals surface area contributed by atoms with E-state index in [1.165, 1.54) is 6.92 Å². The number of likely N-dealkylation sites (tertiary alicyclic amines) is 1. The van der Waals surface area contributed by atoms with E-state index in [-0.39, 0.29) is 5.97 Å². The number of ether oxygens (including phenoxy) is 1. The standard InChI is InChI=1S/C7H13NO2/c1-6(9)10-5-7-3-8(2)4-7/h7H,3-5H2,1-2H3. The van der Waals surface area contributed by atoms with Gasteiger partial charge in [-0.2, -0.15) is 0 Å². The monoisotopic (exact) mass is 143 g/mol. The number of hydrogen-bond donors (Lipinski definition) is 0. The van der Waals surface area contributed by atoms with Crippen LogP contribution in [-0.4, -0.2) is 37.6 Å². The number of rotatable bonds is 2. The van der Waals surface area contributed by atoms with Crippen LogP contribution >= 0.6 is 0 Å². The van der Waals surface area contributed by atoms with Crippen molar-refractivity contribution in [2.24, 2.45) is 5.92 Å². The van der Waals surface area contributed by atoms with Gasteiger partial charge in [0.15, 0.2) is 0 Å². The van der Waals surface area contributed by atoms with Gasteiger partial charge in [-0.25, -0.2) is 0 Å². The molecule has 0 aromatic heterocycles. The first-order valence-electron chi connectivity index (χ1n) is 3.50. The van der Waals surface area contributed by atoms with E-state index in [1.807, 2.05) is 0 Å². The summed E-state index contributed by atoms with van der Waals surface area (Å²) in [4.78, 5) is 12.5. The highest BCUT2D eigenvalue weighted by atomic mass is 16.5. The van der Waals surface area contributed by atoms with Crippen molar-refractivity contribution in [1.82, 2.24) is 4.90 Å². The first-order valence-corrected chi connectivity index (χ1v) is 3.50. The summed E-state index contributed by atoms with van der Waals surface area (Å²) in [5.74, 6) is 0.406. The van der Waals surface area contributed by atoms with E-state index in [2.05, 4.69) is 11.9 Å². The van der Waals surface area contributed by atoms with Gasteiger partial charge in [0, 0.05) is 25.9 Å². The smallest absolute Gasteiger partial charge is 0.302 e. The minimum atomic E-state index is -0.172. The Morgan fingerprint density at radius 3 is 2.70 bits per heavy atom. The highest BCUT2D eigenvalue weighted by Crippen LogP contribution is 2.12. The quantitative estimate of drug-likeness (QED) is 0.514. The molecule has 1 saturated heterocycles. The summed E-state index contributed by atoms with van der Waals surface area (Å²) in [5, 5.41) is 0. The maximum absolute atomic E-state index is 10.3. The maximum atomic E-state index is 10.3. The van der Waals surface area contributed by atoms with Crippen LogP contribution in [0.25, 0.3) is 0 Å². The molecule has 0 atom stereocenters. The van der Waals surface area contributed by atoms with Crippen LogP contribution in [0.2, 0.25) is 0 Å². The average molecular weight is 143 g/mol. The zero-order valence-corrected chi connectivity index (χ0v) is 6.46. The minimum Gasteiger partial charge on any atom is -0.465 e. The second-order valence-electron chi connectivity index (χ2n) is 2.89. The molecule has 0 amide bonds. The van der Waals surface area contributed by atoms with Crippen molar-refractivity contribution in [3.05, 3.63) is 0 Å². The molecule has 1 aliphatic heterocycles. The predicted octanol–water partition coefficient (Wildman–Crippen LogP) is 0.111. The highest BCUT2D eigenvalue weighted by Gasteiger charge is 2.23. The lowest BCUT2D eigenvalue weighted by Crippen LogP contribution is -2.46. The second-order valence-corrected chi connectivity index (χ2v) is 2.89. The van der Waals surface area contributed by atoms with E-state index in [9.17, 15) is 4.79 Å². The Bertz CT molecular complexity index is 130. The number of esters is 1. The zero-order valence-electron chi connectivity index (χ0n) is 6.46. The second kappa shape index (κ2) is 3.01. The van der Waals surface area contributed by atoms with Crippen molar-refractivity contribution in [3.8, 4) is 0 Å². The van der Waals surface area contributed by atoms with Gasteiger partial charge in [-0.15, -0.1) is 0 Å². The van der Waals surface area contributed by atoms with Crippen LogP contribution < -0.4 is 0 Å². The Morgan fingerprint density at radius 2 is 2.30 bits per heavy atom. The van der Waals surface area contributed by atoms with Crippen LogP contribution in [0.4, 0.5) is 0 Å². The van der Waals surface area contributed by atoms with Gasteiger partial charge in [0.05, 0.1) is 6.61 Å². The summed E-state index contributed by atoms with van der Waals surface area (Å²) >= 11 is 0. The number of carbonyl (C=O) groups excluding carboxylic acids is 1. The SMILES string of the molecule is CC(=O)OCC1CN(C)C1. The summed E-state index contributed by atoms with van der Waals surface area (Å²) < 4.78 is 4.83. The van der Waals surface area contributed by atoms with Crippen molar-refractivity contribution in [1.29, 1.82) is 0 Å². The summed E-state index contributed by atoms with van der Waals surface area (Å²) in [6, 6.07) is 0. The van der Waals surface area contributed by atoms with Crippen LogP contribution in [0, 0.1) is 5.92 Å². The molecule has 0 aromatic rings. The zero-order chi connectivity index (χ0) is 7.56. The molecule has 1 heterocycles. The van der Waals surface area contributed by atoms with Crippen LogP contribution in [0.5, 0.6) is 0 Å². The number of hydrogen-bond acceptors (Lipinski definition) is 3. The lowest BCUT2D eigenvalue weighted by molar-refractivity contribution is -0.143. The molecule has 10 heavy (non-hydrogen) atoms. The summed E-state index contributed by atoms with van der Waals surface area (Å²) in [7, 11) is 2.06.